The number of amides is 2. The summed E-state index contributed by atoms with van der Waals surface area (Å²) in [6.07, 6.45) is 1.79. The van der Waals surface area contributed by atoms with Crippen LogP contribution in [0, 0.1) is 0 Å². The molecule has 128 valence electrons. The number of aryl methyl sites for hydroxylation is 1. The zero-order valence-electron chi connectivity index (χ0n) is 13.7. The van der Waals surface area contributed by atoms with Gasteiger partial charge < -0.3 is 16.4 Å². The van der Waals surface area contributed by atoms with Gasteiger partial charge in [0.15, 0.2) is 5.13 Å². The van der Waals surface area contributed by atoms with Crippen molar-refractivity contribution >= 4 is 28.3 Å². The average molecular weight is 339 g/mol. The van der Waals surface area contributed by atoms with Crippen molar-refractivity contribution in [1.29, 1.82) is 0 Å². The Morgan fingerprint density at radius 3 is 3.04 bits per heavy atom. The normalized spacial score (nSPS) is 18.9. The molecule has 4 N–H and O–H groups in total. The molecule has 1 aromatic heterocycles. The minimum atomic E-state index is -0.373. The SMILES string of the molecule is CC(C)N1CCNC(=O)[C@@H]1CC(=O)NCCCc1csc(N)n1. The summed E-state index contributed by atoms with van der Waals surface area (Å²) >= 11 is 1.42. The fourth-order valence-corrected chi connectivity index (χ4v) is 3.34. The fourth-order valence-electron chi connectivity index (χ4n) is 2.74. The lowest BCUT2D eigenvalue weighted by atomic mass is 10.1. The molecule has 0 spiro atoms. The molecule has 1 aromatic rings. The van der Waals surface area contributed by atoms with Gasteiger partial charge in [0.2, 0.25) is 11.8 Å². The maximum Gasteiger partial charge on any atom is 0.237 e. The smallest absolute Gasteiger partial charge is 0.237 e. The van der Waals surface area contributed by atoms with E-state index < -0.39 is 0 Å². The second kappa shape index (κ2) is 8.26. The molecule has 1 atom stereocenters. The number of nitrogens with one attached hydrogen (secondary N) is 2. The lowest BCUT2D eigenvalue weighted by molar-refractivity contribution is -0.134. The number of hydrogen-bond donors (Lipinski definition) is 3. The van der Waals surface area contributed by atoms with Crippen molar-refractivity contribution < 1.29 is 9.59 Å². The highest BCUT2D eigenvalue weighted by atomic mass is 32.1. The molecule has 23 heavy (non-hydrogen) atoms. The average Bonchev–Trinajstić information content (AvgIpc) is 2.91. The molecular formula is C15H25N5O2S. The second-order valence-electron chi connectivity index (χ2n) is 5.97. The Balaban J connectivity index is 1.73. The van der Waals surface area contributed by atoms with E-state index in [9.17, 15) is 9.59 Å². The maximum atomic E-state index is 12.1. The summed E-state index contributed by atoms with van der Waals surface area (Å²) in [6, 6.07) is -0.129. The lowest BCUT2D eigenvalue weighted by Crippen LogP contribution is -2.58. The first-order valence-corrected chi connectivity index (χ1v) is 8.85. The molecule has 0 saturated carbocycles. The number of carbonyl (C=O) groups is 2. The van der Waals surface area contributed by atoms with Crippen LogP contribution in [-0.4, -0.2) is 53.4 Å². The van der Waals surface area contributed by atoms with E-state index >= 15 is 0 Å². The van der Waals surface area contributed by atoms with Crippen LogP contribution in [0.15, 0.2) is 5.38 Å². The number of carbonyl (C=O) groups excluding carboxylic acids is 2. The maximum absolute atomic E-state index is 12.1. The highest BCUT2D eigenvalue weighted by molar-refractivity contribution is 7.13. The van der Waals surface area contributed by atoms with E-state index in [0.29, 0.717) is 18.2 Å². The fraction of sp³-hybridized carbons (Fsp3) is 0.667. The molecule has 1 aliphatic rings. The van der Waals surface area contributed by atoms with Gasteiger partial charge >= 0.3 is 0 Å². The predicted octanol–water partition coefficient (Wildman–Crippen LogP) is 0.373. The Hall–Kier alpha value is -1.67. The van der Waals surface area contributed by atoms with Crippen molar-refractivity contribution in [3.8, 4) is 0 Å². The first kappa shape index (κ1) is 17.7. The standard InChI is InChI=1S/C15H25N5O2S/c1-10(2)20-7-6-18-14(22)12(20)8-13(21)17-5-3-4-11-9-23-15(16)19-11/h9-10,12H,3-8H2,1-2H3,(H2,16,19)(H,17,21)(H,18,22)/t12-/m0/s1. The molecule has 7 nitrogen and oxygen atoms in total. The van der Waals surface area contributed by atoms with Crippen LogP contribution >= 0.6 is 11.3 Å². The van der Waals surface area contributed by atoms with Gasteiger partial charge in [-0.1, -0.05) is 0 Å². The third-order valence-electron chi connectivity index (χ3n) is 3.92. The van der Waals surface area contributed by atoms with Crippen LogP contribution in [0.2, 0.25) is 0 Å². The third-order valence-corrected chi connectivity index (χ3v) is 4.64. The number of rotatable bonds is 7. The highest BCUT2D eigenvalue weighted by Crippen LogP contribution is 2.13. The predicted molar refractivity (Wildman–Crippen MR) is 91.1 cm³/mol. The number of nitrogens with two attached hydrogens (primary N) is 1. The molecule has 2 heterocycles. The largest absolute Gasteiger partial charge is 0.375 e. The quantitative estimate of drug-likeness (QED) is 0.623. The number of nitrogen functional groups attached to an aromatic ring is 1. The molecule has 1 saturated heterocycles. The van der Waals surface area contributed by atoms with Crippen LogP contribution in [0.1, 0.15) is 32.4 Å². The molecule has 0 radical (unpaired) electrons. The first-order valence-electron chi connectivity index (χ1n) is 7.97. The van der Waals surface area contributed by atoms with E-state index in [0.717, 1.165) is 25.1 Å². The van der Waals surface area contributed by atoms with E-state index in [1.54, 1.807) is 0 Å². The van der Waals surface area contributed by atoms with Crippen molar-refractivity contribution in [3.05, 3.63) is 11.1 Å². The summed E-state index contributed by atoms with van der Waals surface area (Å²) in [7, 11) is 0. The minimum absolute atomic E-state index is 0.0574. The van der Waals surface area contributed by atoms with Crippen molar-refractivity contribution in [1.82, 2.24) is 20.5 Å². The molecule has 0 unspecified atom stereocenters. The number of piperazine rings is 1. The number of hydrogen-bond acceptors (Lipinski definition) is 6. The summed E-state index contributed by atoms with van der Waals surface area (Å²) < 4.78 is 0. The van der Waals surface area contributed by atoms with Crippen LogP contribution in [0.5, 0.6) is 0 Å². The summed E-state index contributed by atoms with van der Waals surface area (Å²) in [4.78, 5) is 30.4. The van der Waals surface area contributed by atoms with E-state index in [1.807, 2.05) is 19.2 Å². The zero-order chi connectivity index (χ0) is 16.8. The molecule has 0 aliphatic carbocycles. The number of anilines is 1. The van der Waals surface area contributed by atoms with Crippen molar-refractivity contribution in [2.45, 2.75) is 45.2 Å². The number of thiazole rings is 1. The van der Waals surface area contributed by atoms with Gasteiger partial charge in [0.1, 0.15) is 0 Å². The topological polar surface area (TPSA) is 100 Å². The van der Waals surface area contributed by atoms with Crippen LogP contribution in [0.4, 0.5) is 5.13 Å². The molecule has 1 aliphatic heterocycles. The molecule has 0 bridgehead atoms. The summed E-state index contributed by atoms with van der Waals surface area (Å²) in [5.74, 6) is -0.145. The Labute approximate surface area is 140 Å². The summed E-state index contributed by atoms with van der Waals surface area (Å²) in [5, 5.41) is 8.22. The van der Waals surface area contributed by atoms with Crippen molar-refractivity contribution in [2.24, 2.45) is 0 Å². The Morgan fingerprint density at radius 1 is 1.61 bits per heavy atom. The number of nitrogens with zero attached hydrogens (tertiary/aromatic N) is 2. The van der Waals surface area contributed by atoms with E-state index in [-0.39, 0.29) is 30.3 Å². The lowest BCUT2D eigenvalue weighted by Gasteiger charge is -2.37. The van der Waals surface area contributed by atoms with Gasteiger partial charge in [-0.05, 0) is 26.7 Å². The van der Waals surface area contributed by atoms with Crippen LogP contribution < -0.4 is 16.4 Å². The molecular weight excluding hydrogens is 314 g/mol. The molecule has 8 heteroatoms. The Kier molecular flexibility index (Phi) is 6.35. The zero-order valence-corrected chi connectivity index (χ0v) is 14.5. The van der Waals surface area contributed by atoms with E-state index in [2.05, 4.69) is 20.5 Å². The van der Waals surface area contributed by atoms with Crippen molar-refractivity contribution in [3.63, 3.8) is 0 Å². The Bertz CT molecular complexity index is 546. The minimum Gasteiger partial charge on any atom is -0.375 e. The van der Waals surface area contributed by atoms with Gasteiger partial charge in [-0.15, -0.1) is 11.3 Å². The molecule has 1 fully saturated rings. The van der Waals surface area contributed by atoms with Crippen LogP contribution in [0.3, 0.4) is 0 Å². The van der Waals surface area contributed by atoms with Crippen LogP contribution in [-0.2, 0) is 16.0 Å². The molecule has 0 aromatic carbocycles. The molecule has 2 rings (SSSR count). The van der Waals surface area contributed by atoms with Gasteiger partial charge in [-0.25, -0.2) is 4.98 Å². The molecule has 2 amide bonds. The third kappa shape index (κ3) is 5.18. The van der Waals surface area contributed by atoms with E-state index in [1.165, 1.54) is 11.3 Å². The summed E-state index contributed by atoms with van der Waals surface area (Å²) in [6.45, 7) is 6.09. The number of aromatic nitrogens is 1. The Morgan fingerprint density at radius 2 is 2.39 bits per heavy atom. The van der Waals surface area contributed by atoms with E-state index in [4.69, 9.17) is 5.73 Å². The van der Waals surface area contributed by atoms with Gasteiger partial charge in [0.05, 0.1) is 18.2 Å². The van der Waals surface area contributed by atoms with Crippen molar-refractivity contribution in [2.75, 3.05) is 25.4 Å². The van der Waals surface area contributed by atoms with Gasteiger partial charge in [-0.3, -0.25) is 14.5 Å². The van der Waals surface area contributed by atoms with Gasteiger partial charge in [0, 0.05) is 31.1 Å². The van der Waals surface area contributed by atoms with Crippen LogP contribution in [0.25, 0.3) is 0 Å². The highest BCUT2D eigenvalue weighted by Gasteiger charge is 2.32. The van der Waals surface area contributed by atoms with Gasteiger partial charge in [0.25, 0.3) is 0 Å². The summed E-state index contributed by atoms with van der Waals surface area (Å²) in [5.41, 5.74) is 6.54. The monoisotopic (exact) mass is 339 g/mol. The van der Waals surface area contributed by atoms with Gasteiger partial charge in [-0.2, -0.15) is 0 Å². The first-order chi connectivity index (χ1) is 11.0. The second-order valence-corrected chi connectivity index (χ2v) is 6.86.